The van der Waals surface area contributed by atoms with Crippen molar-refractivity contribution in [1.29, 1.82) is 0 Å². The summed E-state index contributed by atoms with van der Waals surface area (Å²) in [6, 6.07) is 6.47. The van der Waals surface area contributed by atoms with Gasteiger partial charge in [-0.05, 0) is 18.6 Å². The van der Waals surface area contributed by atoms with Crippen molar-refractivity contribution >= 4 is 27.5 Å². The molecule has 96 valence electrons. The van der Waals surface area contributed by atoms with E-state index in [0.717, 1.165) is 5.56 Å². The Bertz CT molecular complexity index is 838. The molecule has 0 aliphatic heterocycles. The maximum atomic E-state index is 13.8. The van der Waals surface area contributed by atoms with Gasteiger partial charge in [-0.25, -0.2) is 9.37 Å². The molecule has 0 spiro atoms. The molecule has 2 aromatic heterocycles. The standard InChI is InChI=1S/C13H10FN3OS/c1-6-9-11(18)16-13(15)17-12(9)19-10(6)7-4-2-3-5-8(7)14/h2-5H,1H3,(H3,15,16,17,18). The molecule has 0 aliphatic rings. The first-order chi connectivity index (χ1) is 9.08. The van der Waals surface area contributed by atoms with E-state index in [9.17, 15) is 9.18 Å². The van der Waals surface area contributed by atoms with Gasteiger partial charge in [0.05, 0.1) is 5.39 Å². The third-order valence-electron chi connectivity index (χ3n) is 2.94. The highest BCUT2D eigenvalue weighted by Crippen LogP contribution is 2.36. The average molecular weight is 275 g/mol. The summed E-state index contributed by atoms with van der Waals surface area (Å²) >= 11 is 1.27. The molecule has 0 saturated heterocycles. The van der Waals surface area contributed by atoms with E-state index in [2.05, 4.69) is 9.97 Å². The fraction of sp³-hybridized carbons (Fsp3) is 0.0769. The SMILES string of the molecule is Cc1c(-c2ccccc2F)sc2nc(N)[nH]c(=O)c12. The zero-order valence-corrected chi connectivity index (χ0v) is 10.8. The van der Waals surface area contributed by atoms with Gasteiger partial charge in [-0.3, -0.25) is 9.78 Å². The number of rotatable bonds is 1. The van der Waals surface area contributed by atoms with Crippen LogP contribution in [0.15, 0.2) is 29.1 Å². The summed E-state index contributed by atoms with van der Waals surface area (Å²) in [5.74, 6) is -0.250. The molecule has 0 atom stereocenters. The van der Waals surface area contributed by atoms with Crippen molar-refractivity contribution in [3.63, 3.8) is 0 Å². The first-order valence-corrected chi connectivity index (χ1v) is 6.43. The lowest BCUT2D eigenvalue weighted by molar-refractivity contribution is 0.631. The fourth-order valence-electron chi connectivity index (χ4n) is 2.06. The highest BCUT2D eigenvalue weighted by molar-refractivity contribution is 7.22. The van der Waals surface area contributed by atoms with Crippen LogP contribution in [-0.2, 0) is 0 Å². The van der Waals surface area contributed by atoms with Gasteiger partial charge in [-0.1, -0.05) is 18.2 Å². The highest BCUT2D eigenvalue weighted by Gasteiger charge is 2.16. The lowest BCUT2D eigenvalue weighted by atomic mass is 10.1. The van der Waals surface area contributed by atoms with E-state index >= 15 is 0 Å². The van der Waals surface area contributed by atoms with Gasteiger partial charge in [0.25, 0.3) is 5.56 Å². The van der Waals surface area contributed by atoms with Crippen LogP contribution in [0.2, 0.25) is 0 Å². The Morgan fingerprint density at radius 3 is 2.84 bits per heavy atom. The second kappa shape index (κ2) is 4.17. The Morgan fingerprint density at radius 2 is 2.11 bits per heavy atom. The van der Waals surface area contributed by atoms with Gasteiger partial charge in [0, 0.05) is 10.4 Å². The Labute approximate surface area is 111 Å². The molecule has 3 aromatic rings. The minimum absolute atomic E-state index is 0.0684. The first kappa shape index (κ1) is 11.9. The topological polar surface area (TPSA) is 71.8 Å². The number of nitrogens with zero attached hydrogens (tertiary/aromatic N) is 1. The molecule has 1 aromatic carbocycles. The minimum Gasteiger partial charge on any atom is -0.369 e. The summed E-state index contributed by atoms with van der Waals surface area (Å²) in [6.45, 7) is 1.79. The summed E-state index contributed by atoms with van der Waals surface area (Å²) in [6.07, 6.45) is 0. The third kappa shape index (κ3) is 1.80. The summed E-state index contributed by atoms with van der Waals surface area (Å²) in [5, 5.41) is 0.470. The number of anilines is 1. The van der Waals surface area contributed by atoms with Crippen molar-refractivity contribution in [2.24, 2.45) is 0 Å². The number of aromatic nitrogens is 2. The zero-order chi connectivity index (χ0) is 13.6. The summed E-state index contributed by atoms with van der Waals surface area (Å²) in [4.78, 5) is 19.7. The molecule has 0 aliphatic carbocycles. The van der Waals surface area contributed by atoms with Crippen LogP contribution in [0.25, 0.3) is 20.7 Å². The molecule has 2 heterocycles. The van der Waals surface area contributed by atoms with Crippen LogP contribution in [0.1, 0.15) is 5.56 Å². The van der Waals surface area contributed by atoms with Crippen molar-refractivity contribution in [3.05, 3.63) is 46.0 Å². The number of nitrogen functional groups attached to an aromatic ring is 1. The molecule has 0 amide bonds. The number of hydrogen-bond donors (Lipinski definition) is 2. The van der Waals surface area contributed by atoms with E-state index in [0.29, 0.717) is 20.7 Å². The predicted molar refractivity (Wildman–Crippen MR) is 74.8 cm³/mol. The van der Waals surface area contributed by atoms with Crippen molar-refractivity contribution < 1.29 is 4.39 Å². The molecule has 0 radical (unpaired) electrons. The minimum atomic E-state index is -0.318. The number of halogens is 1. The second-order valence-corrected chi connectivity index (χ2v) is 5.17. The third-order valence-corrected chi connectivity index (χ3v) is 4.16. The largest absolute Gasteiger partial charge is 0.369 e. The quantitative estimate of drug-likeness (QED) is 0.717. The van der Waals surface area contributed by atoms with Crippen LogP contribution < -0.4 is 11.3 Å². The van der Waals surface area contributed by atoms with Crippen LogP contribution >= 0.6 is 11.3 Å². The Morgan fingerprint density at radius 1 is 1.37 bits per heavy atom. The van der Waals surface area contributed by atoms with Gasteiger partial charge < -0.3 is 5.73 Å². The van der Waals surface area contributed by atoms with Crippen LogP contribution in [0.5, 0.6) is 0 Å². The van der Waals surface area contributed by atoms with Gasteiger partial charge in [-0.2, -0.15) is 0 Å². The Hall–Kier alpha value is -2.21. The van der Waals surface area contributed by atoms with E-state index in [4.69, 9.17) is 5.73 Å². The maximum Gasteiger partial charge on any atom is 0.261 e. The average Bonchev–Trinajstić information content (AvgIpc) is 2.67. The van der Waals surface area contributed by atoms with E-state index in [1.165, 1.54) is 17.4 Å². The zero-order valence-electron chi connectivity index (χ0n) is 10.0. The molecule has 6 heteroatoms. The monoisotopic (exact) mass is 275 g/mol. The molecule has 0 saturated carbocycles. The number of aryl methyl sites for hydroxylation is 1. The molecule has 3 rings (SSSR count). The number of fused-ring (bicyclic) bond motifs is 1. The lowest BCUT2D eigenvalue weighted by Gasteiger charge is -2.00. The number of aromatic amines is 1. The molecule has 4 nitrogen and oxygen atoms in total. The highest BCUT2D eigenvalue weighted by atomic mass is 32.1. The van der Waals surface area contributed by atoms with Crippen molar-refractivity contribution in [2.45, 2.75) is 6.92 Å². The van der Waals surface area contributed by atoms with Gasteiger partial charge in [-0.15, -0.1) is 11.3 Å². The van der Waals surface area contributed by atoms with Crippen LogP contribution in [-0.4, -0.2) is 9.97 Å². The summed E-state index contributed by atoms with van der Waals surface area (Å²) in [5.41, 5.74) is 6.42. The van der Waals surface area contributed by atoms with Gasteiger partial charge in [0.15, 0.2) is 0 Å². The first-order valence-electron chi connectivity index (χ1n) is 5.61. The molecular formula is C13H10FN3OS. The number of H-pyrrole nitrogens is 1. The number of nitrogens with two attached hydrogens (primary N) is 1. The van der Waals surface area contributed by atoms with Gasteiger partial charge >= 0.3 is 0 Å². The number of benzene rings is 1. The molecule has 0 unspecified atom stereocenters. The molecule has 0 fully saturated rings. The molecular weight excluding hydrogens is 265 g/mol. The fourth-order valence-corrected chi connectivity index (χ4v) is 3.28. The maximum absolute atomic E-state index is 13.8. The van der Waals surface area contributed by atoms with Gasteiger partial charge in [0.1, 0.15) is 10.6 Å². The number of thiophene rings is 1. The predicted octanol–water partition coefficient (Wildman–Crippen LogP) is 2.68. The van der Waals surface area contributed by atoms with E-state index in [-0.39, 0.29) is 17.3 Å². The van der Waals surface area contributed by atoms with Gasteiger partial charge in [0.2, 0.25) is 5.95 Å². The normalized spacial score (nSPS) is 11.1. The summed E-state index contributed by atoms with van der Waals surface area (Å²) in [7, 11) is 0. The molecule has 3 N–H and O–H groups in total. The Kier molecular flexibility index (Phi) is 2.60. The lowest BCUT2D eigenvalue weighted by Crippen LogP contribution is -2.10. The Balaban J connectivity index is 2.39. The van der Waals surface area contributed by atoms with Crippen molar-refractivity contribution in [1.82, 2.24) is 9.97 Å². The van der Waals surface area contributed by atoms with E-state index in [1.807, 2.05) is 0 Å². The van der Waals surface area contributed by atoms with Crippen LogP contribution in [0.3, 0.4) is 0 Å². The van der Waals surface area contributed by atoms with Crippen LogP contribution in [0, 0.1) is 12.7 Å². The smallest absolute Gasteiger partial charge is 0.261 e. The van der Waals surface area contributed by atoms with Crippen LogP contribution in [0.4, 0.5) is 10.3 Å². The van der Waals surface area contributed by atoms with Crippen molar-refractivity contribution in [3.8, 4) is 10.4 Å². The van der Waals surface area contributed by atoms with Crippen molar-refractivity contribution in [2.75, 3.05) is 5.73 Å². The van der Waals surface area contributed by atoms with E-state index in [1.54, 1.807) is 25.1 Å². The molecule has 19 heavy (non-hydrogen) atoms. The number of hydrogen-bond acceptors (Lipinski definition) is 4. The summed E-state index contributed by atoms with van der Waals surface area (Å²) < 4.78 is 13.8. The molecule has 0 bridgehead atoms. The van der Waals surface area contributed by atoms with E-state index < -0.39 is 0 Å². The number of nitrogens with one attached hydrogen (secondary N) is 1. The second-order valence-electron chi connectivity index (χ2n) is 4.17.